The number of benzene rings is 3. The minimum atomic E-state index is 0.615. The Balaban J connectivity index is 0.000000262. The molecule has 3 saturated heterocycles. The number of ether oxygens (including phenoxy) is 3. The van der Waals surface area contributed by atoms with E-state index in [0.717, 1.165) is 54.8 Å². The van der Waals surface area contributed by atoms with Crippen LogP contribution in [0.5, 0.6) is 17.2 Å². The third kappa shape index (κ3) is 34.9. The molecule has 3 fully saturated rings. The van der Waals surface area contributed by atoms with Crippen LogP contribution in [0.15, 0.2) is 72.8 Å². The van der Waals surface area contributed by atoms with Gasteiger partial charge in [-0.1, -0.05) is 251 Å². The Kier molecular flexibility index (Phi) is 45.0. The van der Waals surface area contributed by atoms with E-state index >= 15 is 0 Å². The fourth-order valence-corrected chi connectivity index (χ4v) is 20.2. The van der Waals surface area contributed by atoms with E-state index in [9.17, 15) is 0 Å². The van der Waals surface area contributed by atoms with Gasteiger partial charge in [0.05, 0.1) is 33.6 Å². The summed E-state index contributed by atoms with van der Waals surface area (Å²) in [6.07, 6.45) is 44.9. The summed E-state index contributed by atoms with van der Waals surface area (Å²) in [4.78, 5) is 0. The first kappa shape index (κ1) is 72.6. The predicted molar refractivity (Wildman–Crippen MR) is 376 cm³/mol. The van der Waals surface area contributed by atoms with Crippen LogP contribution >= 0.6 is 70.6 Å². The van der Waals surface area contributed by atoms with Crippen molar-refractivity contribution in [1.29, 1.82) is 0 Å². The zero-order valence-electron chi connectivity index (χ0n) is 52.8. The highest BCUT2D eigenvalue weighted by molar-refractivity contribution is 8.17. The maximum atomic E-state index is 5.93. The van der Waals surface area contributed by atoms with E-state index in [1.165, 1.54) is 263 Å². The molecule has 462 valence electrons. The van der Waals surface area contributed by atoms with Gasteiger partial charge >= 0.3 is 0 Å². The van der Waals surface area contributed by atoms with Crippen molar-refractivity contribution < 1.29 is 14.2 Å². The SMILES string of the molecule is CCCCCCCC1CSC(c2ccc(OCCCCCC)cc2)SC1.CCCCCCCCOc1ccc(C2SCC(CCCCCCC)CS2)cc1.CCCCCCCOc1ccc(C2SCC(CCCCCCC)CS2)cc1. The van der Waals surface area contributed by atoms with Crippen LogP contribution in [0.1, 0.15) is 284 Å². The third-order valence-corrected chi connectivity index (χ3v) is 25.9. The normalized spacial score (nSPS) is 19.9. The van der Waals surface area contributed by atoms with Crippen molar-refractivity contribution in [2.75, 3.05) is 54.3 Å². The molecule has 3 aliphatic rings. The molecule has 3 aliphatic heterocycles. The van der Waals surface area contributed by atoms with Gasteiger partial charge in [0.25, 0.3) is 0 Å². The Morgan fingerprint density at radius 2 is 0.457 bits per heavy atom. The highest BCUT2D eigenvalue weighted by Gasteiger charge is 2.26. The van der Waals surface area contributed by atoms with E-state index in [1.54, 1.807) is 0 Å². The van der Waals surface area contributed by atoms with Crippen LogP contribution in [0.2, 0.25) is 0 Å². The second kappa shape index (κ2) is 50.2. The van der Waals surface area contributed by atoms with Crippen LogP contribution in [0, 0.1) is 17.8 Å². The van der Waals surface area contributed by atoms with E-state index < -0.39 is 0 Å². The number of rotatable bonds is 42. The highest BCUT2D eigenvalue weighted by Crippen LogP contribution is 2.49. The average Bonchev–Trinajstić information content (AvgIpc) is 3.54. The van der Waals surface area contributed by atoms with Gasteiger partial charge in [0, 0.05) is 0 Å². The maximum Gasteiger partial charge on any atom is 0.119 e. The summed E-state index contributed by atoms with van der Waals surface area (Å²) >= 11 is 12.9. The molecule has 9 heteroatoms. The van der Waals surface area contributed by atoms with Gasteiger partial charge in [-0.05, 0) is 144 Å². The second-order valence-electron chi connectivity index (χ2n) is 23.7. The lowest BCUT2D eigenvalue weighted by Gasteiger charge is -2.28. The molecule has 0 amide bonds. The van der Waals surface area contributed by atoms with E-state index in [4.69, 9.17) is 14.2 Å². The minimum absolute atomic E-state index is 0.615. The molecule has 0 aliphatic carbocycles. The summed E-state index contributed by atoms with van der Waals surface area (Å²) in [5, 5.41) is 0. The van der Waals surface area contributed by atoms with Gasteiger partial charge in [0.2, 0.25) is 0 Å². The lowest BCUT2D eigenvalue weighted by molar-refractivity contribution is 0.304. The molecule has 0 bridgehead atoms. The van der Waals surface area contributed by atoms with Crippen molar-refractivity contribution in [3.05, 3.63) is 89.5 Å². The fraction of sp³-hybridized carbons (Fsp3) is 0.750. The zero-order chi connectivity index (χ0) is 57.5. The minimum Gasteiger partial charge on any atom is -0.494 e. The van der Waals surface area contributed by atoms with Crippen molar-refractivity contribution in [2.24, 2.45) is 17.8 Å². The molecular weight excluding hydrogens is 1110 g/mol. The van der Waals surface area contributed by atoms with Crippen molar-refractivity contribution in [1.82, 2.24) is 0 Å². The van der Waals surface area contributed by atoms with Gasteiger partial charge in [-0.15, -0.1) is 70.6 Å². The Bertz CT molecular complexity index is 1820. The summed E-state index contributed by atoms with van der Waals surface area (Å²) in [6, 6.07) is 26.7. The van der Waals surface area contributed by atoms with Crippen LogP contribution in [0.3, 0.4) is 0 Å². The van der Waals surface area contributed by atoms with Crippen LogP contribution in [0.4, 0.5) is 0 Å². The molecule has 0 unspecified atom stereocenters. The smallest absolute Gasteiger partial charge is 0.119 e. The van der Waals surface area contributed by atoms with Gasteiger partial charge in [-0.25, -0.2) is 0 Å². The van der Waals surface area contributed by atoms with E-state index in [0.29, 0.717) is 13.7 Å². The molecule has 0 N–H and O–H groups in total. The standard InChI is InChI=1S/C25H42OS2.C24H40OS2.C23H38OS2/c1-3-5-7-9-11-13-19-26-24-17-15-23(16-18-24)25-27-20-22(21-28-25)14-12-10-8-6-4-2;1-3-5-7-9-11-13-21-19-26-24(27-20-21)22-14-16-23(17-15-22)25-18-12-10-8-6-4-2;1-3-5-7-9-10-12-20-18-25-23(26-19-20)21-13-15-22(16-14-21)24-17-11-8-6-4-2/h15-18,22,25H,3-14,19-21H2,1-2H3;14-17,21,24H,3-13,18-20H2,1-2H3;13-16,20,23H,3-12,17-19H2,1-2H3. The monoisotopic (exact) mass is 1220 g/mol. The maximum absolute atomic E-state index is 5.93. The number of thioether (sulfide) groups is 6. The Morgan fingerprint density at radius 3 is 0.691 bits per heavy atom. The zero-order valence-corrected chi connectivity index (χ0v) is 57.7. The molecule has 81 heavy (non-hydrogen) atoms. The molecular formula is C72H120O3S6. The quantitative estimate of drug-likeness (QED) is 0.0514. The van der Waals surface area contributed by atoms with Gasteiger partial charge in [0.15, 0.2) is 0 Å². The van der Waals surface area contributed by atoms with Crippen molar-refractivity contribution in [3.63, 3.8) is 0 Å². The molecule has 0 spiro atoms. The summed E-state index contributed by atoms with van der Waals surface area (Å²) < 4.78 is 19.6. The number of unbranched alkanes of at least 4 members (excludes halogenated alkanes) is 24. The summed E-state index contributed by atoms with van der Waals surface area (Å²) in [5.41, 5.74) is 4.38. The second-order valence-corrected chi connectivity index (χ2v) is 31.4. The third-order valence-electron chi connectivity index (χ3n) is 16.1. The van der Waals surface area contributed by atoms with Gasteiger partial charge in [0.1, 0.15) is 17.2 Å². The van der Waals surface area contributed by atoms with E-state index in [1.807, 2.05) is 0 Å². The largest absolute Gasteiger partial charge is 0.494 e. The van der Waals surface area contributed by atoms with Crippen molar-refractivity contribution in [3.8, 4) is 17.2 Å². The summed E-state index contributed by atoms with van der Waals surface area (Å²) in [5.74, 6) is 13.9. The van der Waals surface area contributed by atoms with Crippen LogP contribution in [-0.4, -0.2) is 54.3 Å². The van der Waals surface area contributed by atoms with Gasteiger partial charge < -0.3 is 14.2 Å². The van der Waals surface area contributed by atoms with E-state index in [-0.39, 0.29) is 0 Å². The van der Waals surface area contributed by atoms with Gasteiger partial charge in [-0.2, -0.15) is 0 Å². The van der Waals surface area contributed by atoms with Crippen molar-refractivity contribution >= 4 is 70.6 Å². The van der Waals surface area contributed by atoms with Gasteiger partial charge in [-0.3, -0.25) is 0 Å². The molecule has 0 aromatic heterocycles. The molecule has 3 aromatic carbocycles. The Labute approximate surface area is 526 Å². The first-order valence-electron chi connectivity index (χ1n) is 33.9. The average molecular weight is 1230 g/mol. The fourth-order valence-electron chi connectivity index (χ4n) is 10.7. The Morgan fingerprint density at radius 1 is 0.259 bits per heavy atom. The van der Waals surface area contributed by atoms with E-state index in [2.05, 4.69) is 185 Å². The molecule has 6 rings (SSSR count). The first-order valence-corrected chi connectivity index (χ1v) is 40.2. The van der Waals surface area contributed by atoms with Crippen LogP contribution in [0.25, 0.3) is 0 Å². The van der Waals surface area contributed by atoms with Crippen LogP contribution in [-0.2, 0) is 0 Å². The molecule has 3 nitrogen and oxygen atoms in total. The summed E-state index contributed by atoms with van der Waals surface area (Å²) in [7, 11) is 0. The first-order chi connectivity index (χ1) is 40.0. The van der Waals surface area contributed by atoms with Crippen molar-refractivity contribution in [2.45, 2.75) is 267 Å². The number of hydrogen-bond acceptors (Lipinski definition) is 9. The highest BCUT2D eigenvalue weighted by atomic mass is 32.2. The topological polar surface area (TPSA) is 27.7 Å². The molecule has 3 heterocycles. The van der Waals surface area contributed by atoms with Crippen LogP contribution < -0.4 is 14.2 Å². The molecule has 0 atom stereocenters. The predicted octanol–water partition coefficient (Wildman–Crippen LogP) is 25.5. The summed E-state index contributed by atoms with van der Waals surface area (Å²) in [6.45, 7) is 16.2. The lowest BCUT2D eigenvalue weighted by atomic mass is 10.0. The lowest BCUT2D eigenvalue weighted by Crippen LogP contribution is -2.14. The number of hydrogen-bond donors (Lipinski definition) is 0. The molecule has 3 aromatic rings. The molecule has 0 saturated carbocycles. The Hall–Kier alpha value is -0.840. The molecule has 0 radical (unpaired) electrons.